The highest BCUT2D eigenvalue weighted by molar-refractivity contribution is 6.30. The molecule has 0 aromatic heterocycles. The Morgan fingerprint density at radius 3 is 2.57 bits per heavy atom. The largest absolute Gasteiger partial charge is 0.444 e. The summed E-state index contributed by atoms with van der Waals surface area (Å²) in [7, 11) is 0. The Morgan fingerprint density at radius 2 is 2.04 bits per heavy atom. The molecule has 0 aliphatic carbocycles. The monoisotopic (exact) mass is 344 g/mol. The molecule has 6 heteroatoms. The molecule has 0 fully saturated rings. The van der Waals surface area contributed by atoms with Crippen molar-refractivity contribution in [1.29, 1.82) is 0 Å². The van der Waals surface area contributed by atoms with Crippen LogP contribution in [-0.2, 0) is 4.74 Å². The molecular formula is C17H26ClFN2O2. The molecule has 1 aromatic carbocycles. The van der Waals surface area contributed by atoms with Crippen molar-refractivity contribution in [2.45, 2.75) is 58.7 Å². The van der Waals surface area contributed by atoms with Crippen LogP contribution in [0.5, 0.6) is 0 Å². The molecular weight excluding hydrogens is 319 g/mol. The molecule has 0 radical (unpaired) electrons. The predicted molar refractivity (Wildman–Crippen MR) is 91.3 cm³/mol. The maximum absolute atomic E-state index is 13.5. The van der Waals surface area contributed by atoms with E-state index in [1.807, 2.05) is 34.6 Å². The predicted octanol–water partition coefficient (Wildman–Crippen LogP) is 4.43. The van der Waals surface area contributed by atoms with E-state index in [9.17, 15) is 9.18 Å². The Bertz CT molecular complexity index is 532. The number of amides is 1. The number of hydrogen-bond donors (Lipinski definition) is 2. The average molecular weight is 345 g/mol. The molecule has 0 bridgehead atoms. The molecule has 0 saturated carbocycles. The molecule has 1 amide bonds. The third kappa shape index (κ3) is 7.18. The van der Waals surface area contributed by atoms with E-state index in [0.717, 1.165) is 12.0 Å². The summed E-state index contributed by atoms with van der Waals surface area (Å²) in [5, 5.41) is 6.23. The quantitative estimate of drug-likeness (QED) is 0.802. The first kappa shape index (κ1) is 19.7. The maximum Gasteiger partial charge on any atom is 0.407 e. The van der Waals surface area contributed by atoms with Crippen molar-refractivity contribution < 1.29 is 13.9 Å². The zero-order valence-electron chi connectivity index (χ0n) is 14.4. The molecule has 0 aliphatic rings. The molecule has 0 saturated heterocycles. The summed E-state index contributed by atoms with van der Waals surface area (Å²) in [4.78, 5) is 11.8. The van der Waals surface area contributed by atoms with Crippen LogP contribution in [-0.4, -0.2) is 24.3 Å². The van der Waals surface area contributed by atoms with E-state index in [1.54, 1.807) is 12.1 Å². The molecule has 2 N–H and O–H groups in total. The summed E-state index contributed by atoms with van der Waals surface area (Å²) in [5.41, 5.74) is 0.281. The highest BCUT2D eigenvalue weighted by atomic mass is 35.5. The van der Waals surface area contributed by atoms with Crippen LogP contribution in [0.2, 0.25) is 5.02 Å². The highest BCUT2D eigenvalue weighted by Crippen LogP contribution is 2.20. The third-order valence-electron chi connectivity index (χ3n) is 3.33. The lowest BCUT2D eigenvalue weighted by Gasteiger charge is -2.24. The second kappa shape index (κ2) is 8.50. The molecule has 23 heavy (non-hydrogen) atoms. The van der Waals surface area contributed by atoms with Gasteiger partial charge in [0.25, 0.3) is 0 Å². The van der Waals surface area contributed by atoms with Gasteiger partial charge < -0.3 is 15.4 Å². The topological polar surface area (TPSA) is 50.4 Å². The fourth-order valence-corrected chi connectivity index (χ4v) is 2.11. The van der Waals surface area contributed by atoms with Gasteiger partial charge >= 0.3 is 6.09 Å². The van der Waals surface area contributed by atoms with Gasteiger partial charge in [-0.25, -0.2) is 9.18 Å². The summed E-state index contributed by atoms with van der Waals surface area (Å²) in [5.74, 6) is -0.434. The highest BCUT2D eigenvalue weighted by Gasteiger charge is 2.19. The Labute approximate surface area is 142 Å². The van der Waals surface area contributed by atoms with E-state index in [-0.39, 0.29) is 17.1 Å². The van der Waals surface area contributed by atoms with Gasteiger partial charge in [0.05, 0.1) is 5.02 Å². The first-order valence-electron chi connectivity index (χ1n) is 7.80. The van der Waals surface area contributed by atoms with Gasteiger partial charge in [0.15, 0.2) is 0 Å². The first-order valence-corrected chi connectivity index (χ1v) is 8.18. The molecule has 0 heterocycles. The van der Waals surface area contributed by atoms with Gasteiger partial charge in [-0.05, 0) is 51.8 Å². The lowest BCUT2D eigenvalue weighted by atomic mass is 10.1. The molecule has 2 unspecified atom stereocenters. The van der Waals surface area contributed by atoms with Crippen LogP contribution in [0, 0.1) is 5.82 Å². The number of carbonyl (C=O) groups excluding carboxylic acids is 1. The van der Waals surface area contributed by atoms with Crippen molar-refractivity contribution in [1.82, 2.24) is 10.6 Å². The fourth-order valence-electron chi connectivity index (χ4n) is 1.99. The zero-order valence-corrected chi connectivity index (χ0v) is 15.1. The third-order valence-corrected chi connectivity index (χ3v) is 3.63. The number of nitrogens with one attached hydrogen (secondary N) is 2. The number of carbonyl (C=O) groups is 1. The van der Waals surface area contributed by atoms with Crippen molar-refractivity contribution in [3.05, 3.63) is 34.6 Å². The minimum atomic E-state index is -0.524. The number of rotatable bonds is 6. The summed E-state index contributed by atoms with van der Waals surface area (Å²) >= 11 is 5.69. The normalized spacial score (nSPS) is 14.2. The van der Waals surface area contributed by atoms with E-state index < -0.39 is 17.5 Å². The molecule has 1 aromatic rings. The van der Waals surface area contributed by atoms with Crippen molar-refractivity contribution in [2.24, 2.45) is 0 Å². The van der Waals surface area contributed by atoms with Crippen LogP contribution in [0.1, 0.15) is 52.6 Å². The summed E-state index contributed by atoms with van der Waals surface area (Å²) in [6.45, 7) is 9.94. The molecule has 1 rings (SSSR count). The molecule has 0 spiro atoms. The minimum Gasteiger partial charge on any atom is -0.444 e. The van der Waals surface area contributed by atoms with Gasteiger partial charge in [-0.15, -0.1) is 0 Å². The fraction of sp³-hybridized carbons (Fsp3) is 0.588. The molecule has 2 atom stereocenters. The Balaban J connectivity index is 2.53. The van der Waals surface area contributed by atoms with Gasteiger partial charge in [-0.2, -0.15) is 0 Å². The van der Waals surface area contributed by atoms with E-state index in [4.69, 9.17) is 16.3 Å². The lowest BCUT2D eigenvalue weighted by Crippen LogP contribution is -2.44. The zero-order chi connectivity index (χ0) is 17.6. The van der Waals surface area contributed by atoms with Crippen LogP contribution in [0.15, 0.2) is 18.2 Å². The number of benzene rings is 1. The van der Waals surface area contributed by atoms with Gasteiger partial charge in [0.2, 0.25) is 0 Å². The Hall–Kier alpha value is -1.33. The van der Waals surface area contributed by atoms with Crippen molar-refractivity contribution in [3.8, 4) is 0 Å². The smallest absolute Gasteiger partial charge is 0.407 e. The van der Waals surface area contributed by atoms with Crippen molar-refractivity contribution in [3.63, 3.8) is 0 Å². The van der Waals surface area contributed by atoms with E-state index in [2.05, 4.69) is 10.6 Å². The Morgan fingerprint density at radius 1 is 1.39 bits per heavy atom. The average Bonchev–Trinajstić information content (AvgIpc) is 2.44. The first-order chi connectivity index (χ1) is 10.6. The summed E-state index contributed by atoms with van der Waals surface area (Å²) in [6.07, 6.45) is 0.324. The van der Waals surface area contributed by atoms with Gasteiger partial charge in [0.1, 0.15) is 11.4 Å². The summed E-state index contributed by atoms with van der Waals surface area (Å²) in [6, 6.07) is 4.62. The molecule has 0 aliphatic heterocycles. The molecule has 130 valence electrons. The van der Waals surface area contributed by atoms with Crippen LogP contribution in [0.4, 0.5) is 9.18 Å². The standard InChI is InChI=1S/C17H26ClFN2O2/c1-6-13(21-16(22)23-17(3,4)5)10-20-11(2)12-7-8-14(18)15(19)9-12/h7-9,11,13,20H,6,10H2,1-5H3,(H,21,22). The van der Waals surface area contributed by atoms with Crippen LogP contribution in [0.25, 0.3) is 0 Å². The van der Waals surface area contributed by atoms with E-state index >= 15 is 0 Å². The Kier molecular flexibility index (Phi) is 7.29. The number of hydrogen-bond acceptors (Lipinski definition) is 3. The van der Waals surface area contributed by atoms with Crippen molar-refractivity contribution in [2.75, 3.05) is 6.54 Å². The van der Waals surface area contributed by atoms with Crippen LogP contribution in [0.3, 0.4) is 0 Å². The van der Waals surface area contributed by atoms with Gasteiger partial charge in [-0.3, -0.25) is 0 Å². The lowest BCUT2D eigenvalue weighted by molar-refractivity contribution is 0.0502. The maximum atomic E-state index is 13.5. The van der Waals surface area contributed by atoms with E-state index in [1.165, 1.54) is 6.07 Å². The number of alkyl carbamates (subject to hydrolysis) is 1. The van der Waals surface area contributed by atoms with Gasteiger partial charge in [-0.1, -0.05) is 24.6 Å². The SMILES string of the molecule is CCC(CNC(C)c1ccc(Cl)c(F)c1)NC(=O)OC(C)(C)C. The van der Waals surface area contributed by atoms with Crippen molar-refractivity contribution >= 4 is 17.7 Å². The second-order valence-electron chi connectivity index (χ2n) is 6.55. The second-order valence-corrected chi connectivity index (χ2v) is 6.96. The summed E-state index contributed by atoms with van der Waals surface area (Å²) < 4.78 is 18.7. The number of halogens is 2. The minimum absolute atomic E-state index is 0.0590. The van der Waals surface area contributed by atoms with Crippen LogP contribution < -0.4 is 10.6 Å². The number of ether oxygens (including phenoxy) is 1. The van der Waals surface area contributed by atoms with Crippen LogP contribution >= 0.6 is 11.6 Å². The molecule has 4 nitrogen and oxygen atoms in total. The van der Waals surface area contributed by atoms with E-state index in [0.29, 0.717) is 6.54 Å². The van der Waals surface area contributed by atoms with Gasteiger partial charge in [0, 0.05) is 18.6 Å².